The van der Waals surface area contributed by atoms with Crippen LogP contribution in [0.25, 0.3) is 21.5 Å². The second-order valence-corrected chi connectivity index (χ2v) is 8.75. The monoisotopic (exact) mass is 475 g/mol. The third kappa shape index (κ3) is 5.36. The lowest BCUT2D eigenvalue weighted by atomic mass is 10.0. The van der Waals surface area contributed by atoms with Gasteiger partial charge in [0.15, 0.2) is 0 Å². The molecule has 36 heavy (non-hydrogen) atoms. The van der Waals surface area contributed by atoms with Crippen molar-refractivity contribution in [1.82, 2.24) is 5.32 Å². The highest BCUT2D eigenvalue weighted by Gasteiger charge is 2.21. The Morgan fingerprint density at radius 1 is 0.694 bits per heavy atom. The van der Waals surface area contributed by atoms with E-state index in [0.717, 1.165) is 38.4 Å². The second kappa shape index (κ2) is 10.3. The first kappa shape index (κ1) is 23.1. The molecule has 0 radical (unpaired) electrons. The lowest BCUT2D eigenvalue weighted by Gasteiger charge is -2.15. The van der Waals surface area contributed by atoms with Crippen LogP contribution in [0.1, 0.15) is 21.5 Å². The van der Waals surface area contributed by atoms with Crippen molar-refractivity contribution >= 4 is 33.4 Å². The van der Waals surface area contributed by atoms with E-state index in [-0.39, 0.29) is 6.42 Å². The van der Waals surface area contributed by atoms with Crippen molar-refractivity contribution in [3.8, 4) is 5.75 Å². The predicted molar refractivity (Wildman–Crippen MR) is 141 cm³/mol. The molecule has 0 unspecified atom stereocenters. The fraction of sp³-hybridized carbons (Fsp3) is 0.0968. The van der Waals surface area contributed by atoms with Crippen molar-refractivity contribution in [2.45, 2.75) is 19.1 Å². The first-order valence-electron chi connectivity index (χ1n) is 11.8. The van der Waals surface area contributed by atoms with Crippen LogP contribution in [0.2, 0.25) is 0 Å². The van der Waals surface area contributed by atoms with Gasteiger partial charge in [-0.1, -0.05) is 84.9 Å². The van der Waals surface area contributed by atoms with Gasteiger partial charge in [0, 0.05) is 12.0 Å². The van der Waals surface area contributed by atoms with Crippen molar-refractivity contribution in [2.75, 3.05) is 0 Å². The van der Waals surface area contributed by atoms with E-state index in [1.807, 2.05) is 97.1 Å². The van der Waals surface area contributed by atoms with Gasteiger partial charge in [-0.05, 0) is 56.9 Å². The summed E-state index contributed by atoms with van der Waals surface area (Å²) in [6.07, 6.45) is 0.196. The first-order valence-corrected chi connectivity index (χ1v) is 11.8. The maximum Gasteiger partial charge on any atom is 0.326 e. The molecule has 0 aliphatic rings. The van der Waals surface area contributed by atoms with Gasteiger partial charge < -0.3 is 15.2 Å². The third-order valence-corrected chi connectivity index (χ3v) is 6.18. The smallest absolute Gasteiger partial charge is 0.326 e. The Bertz CT molecular complexity index is 1540. The van der Waals surface area contributed by atoms with Crippen molar-refractivity contribution in [1.29, 1.82) is 0 Å². The highest BCUT2D eigenvalue weighted by Crippen LogP contribution is 2.23. The largest absolute Gasteiger partial charge is 0.489 e. The van der Waals surface area contributed by atoms with Gasteiger partial charge in [-0.15, -0.1) is 0 Å². The lowest BCUT2D eigenvalue weighted by Crippen LogP contribution is -2.42. The van der Waals surface area contributed by atoms with E-state index in [0.29, 0.717) is 12.2 Å². The molecule has 0 fully saturated rings. The molecule has 0 bridgehead atoms. The minimum atomic E-state index is -1.07. The zero-order valence-corrected chi connectivity index (χ0v) is 19.6. The average molecular weight is 476 g/mol. The molecule has 5 nitrogen and oxygen atoms in total. The third-order valence-electron chi connectivity index (χ3n) is 6.18. The number of rotatable bonds is 8. The summed E-state index contributed by atoms with van der Waals surface area (Å²) in [5.74, 6) is -0.753. The molecule has 0 aromatic heterocycles. The van der Waals surface area contributed by atoms with Gasteiger partial charge >= 0.3 is 5.97 Å². The molecule has 1 atom stereocenters. The summed E-state index contributed by atoms with van der Waals surface area (Å²) in [5.41, 5.74) is 2.34. The van der Waals surface area contributed by atoms with Crippen LogP contribution in [0.4, 0.5) is 0 Å². The number of hydrogen-bond acceptors (Lipinski definition) is 3. The summed E-state index contributed by atoms with van der Waals surface area (Å²) in [4.78, 5) is 24.9. The minimum Gasteiger partial charge on any atom is -0.489 e. The number of carboxylic acids is 1. The number of carbonyl (C=O) groups excluding carboxylic acids is 1. The van der Waals surface area contributed by atoms with Crippen LogP contribution < -0.4 is 10.1 Å². The molecule has 0 aliphatic heterocycles. The summed E-state index contributed by atoms with van der Waals surface area (Å²) < 4.78 is 5.90. The topological polar surface area (TPSA) is 75.6 Å². The predicted octanol–water partition coefficient (Wildman–Crippen LogP) is 6.00. The Morgan fingerprint density at radius 3 is 2.17 bits per heavy atom. The number of benzene rings is 5. The molecular weight excluding hydrogens is 450 g/mol. The van der Waals surface area contributed by atoms with E-state index in [4.69, 9.17) is 4.74 Å². The average Bonchev–Trinajstić information content (AvgIpc) is 2.91. The highest BCUT2D eigenvalue weighted by atomic mass is 16.5. The normalized spacial score (nSPS) is 11.8. The zero-order chi connectivity index (χ0) is 24.9. The number of ether oxygens (including phenoxy) is 1. The SMILES string of the molecule is O=C(N[C@@H](Cc1ccc2ccccc2c1)C(=O)O)c1ccc2cc(OCc3ccccc3)ccc2c1. The van der Waals surface area contributed by atoms with E-state index in [2.05, 4.69) is 5.32 Å². The minimum absolute atomic E-state index is 0.196. The Balaban J connectivity index is 1.28. The van der Waals surface area contributed by atoms with Crippen LogP contribution in [0, 0.1) is 0 Å². The van der Waals surface area contributed by atoms with Crippen molar-refractivity contribution in [3.05, 3.63) is 126 Å². The number of carboxylic acid groups (broad SMARTS) is 1. The van der Waals surface area contributed by atoms with Gasteiger partial charge in [-0.2, -0.15) is 0 Å². The number of aliphatic carboxylic acids is 1. The molecule has 1 amide bonds. The zero-order valence-electron chi connectivity index (χ0n) is 19.6. The van der Waals surface area contributed by atoms with E-state index < -0.39 is 17.9 Å². The molecular formula is C31H25NO4. The van der Waals surface area contributed by atoms with Crippen molar-refractivity contribution < 1.29 is 19.4 Å². The maximum atomic E-state index is 12.9. The molecule has 5 rings (SSSR count). The summed E-state index contributed by atoms with van der Waals surface area (Å²) in [6, 6.07) is 33.6. The molecule has 2 N–H and O–H groups in total. The van der Waals surface area contributed by atoms with Crippen LogP contribution in [0.3, 0.4) is 0 Å². The Kier molecular flexibility index (Phi) is 6.63. The summed E-state index contributed by atoms with van der Waals surface area (Å²) in [7, 11) is 0. The lowest BCUT2D eigenvalue weighted by molar-refractivity contribution is -0.139. The van der Waals surface area contributed by atoms with Gasteiger partial charge in [0.2, 0.25) is 0 Å². The fourth-order valence-corrected chi connectivity index (χ4v) is 4.24. The van der Waals surface area contributed by atoms with Crippen LogP contribution in [-0.4, -0.2) is 23.0 Å². The van der Waals surface area contributed by atoms with Crippen molar-refractivity contribution in [3.63, 3.8) is 0 Å². The standard InChI is InChI=1S/C31H25NO4/c33-30(32-29(31(34)35)17-22-10-11-23-8-4-5-9-24(23)16-22)27-13-12-26-19-28(15-14-25(26)18-27)36-20-21-6-2-1-3-7-21/h1-16,18-19,29H,17,20H2,(H,32,33)(H,34,35)/t29-/m0/s1. The Labute approximate surface area is 209 Å². The molecule has 0 saturated carbocycles. The van der Waals surface area contributed by atoms with Gasteiger partial charge in [-0.25, -0.2) is 4.79 Å². The highest BCUT2D eigenvalue weighted by molar-refractivity contribution is 6.00. The molecule has 0 heterocycles. The van der Waals surface area contributed by atoms with E-state index >= 15 is 0 Å². The number of nitrogens with one attached hydrogen (secondary N) is 1. The summed E-state index contributed by atoms with van der Waals surface area (Å²) >= 11 is 0. The fourth-order valence-electron chi connectivity index (χ4n) is 4.24. The van der Waals surface area contributed by atoms with Crippen LogP contribution in [-0.2, 0) is 17.8 Å². The van der Waals surface area contributed by atoms with Crippen LogP contribution >= 0.6 is 0 Å². The summed E-state index contributed by atoms with van der Waals surface area (Å²) in [6.45, 7) is 0.473. The molecule has 0 aliphatic carbocycles. The van der Waals surface area contributed by atoms with E-state index in [9.17, 15) is 14.7 Å². The maximum absolute atomic E-state index is 12.9. The number of carbonyl (C=O) groups is 2. The second-order valence-electron chi connectivity index (χ2n) is 8.75. The van der Waals surface area contributed by atoms with Gasteiger partial charge in [0.25, 0.3) is 5.91 Å². The van der Waals surface area contributed by atoms with Crippen LogP contribution in [0.5, 0.6) is 5.75 Å². The molecule has 0 spiro atoms. The van der Waals surface area contributed by atoms with E-state index in [1.54, 1.807) is 12.1 Å². The first-order chi connectivity index (χ1) is 17.5. The van der Waals surface area contributed by atoms with Crippen LogP contribution in [0.15, 0.2) is 109 Å². The Hall–Kier alpha value is -4.64. The number of fused-ring (bicyclic) bond motifs is 2. The molecule has 5 aromatic carbocycles. The summed E-state index contributed by atoms with van der Waals surface area (Å²) in [5, 5.41) is 16.4. The van der Waals surface area contributed by atoms with Gasteiger partial charge in [-0.3, -0.25) is 4.79 Å². The molecule has 5 aromatic rings. The Morgan fingerprint density at radius 2 is 1.36 bits per heavy atom. The van der Waals surface area contributed by atoms with Crippen molar-refractivity contribution in [2.24, 2.45) is 0 Å². The number of amides is 1. The van der Waals surface area contributed by atoms with Gasteiger partial charge in [0.1, 0.15) is 18.4 Å². The van der Waals surface area contributed by atoms with Gasteiger partial charge in [0.05, 0.1) is 0 Å². The number of hydrogen-bond donors (Lipinski definition) is 2. The molecule has 178 valence electrons. The molecule has 0 saturated heterocycles. The quantitative estimate of drug-likeness (QED) is 0.289. The molecule has 5 heteroatoms. The van der Waals surface area contributed by atoms with E-state index in [1.165, 1.54) is 0 Å².